The van der Waals surface area contributed by atoms with Gasteiger partial charge in [0.25, 0.3) is 0 Å². The molecular formula is C10H9Cl2NO3S. The Morgan fingerprint density at radius 1 is 1.47 bits per heavy atom. The van der Waals surface area contributed by atoms with Gasteiger partial charge in [-0.1, -0.05) is 29.8 Å². The number of thiol groups is 1. The van der Waals surface area contributed by atoms with E-state index >= 15 is 0 Å². The Bertz CT molecular complexity index is 465. The molecule has 0 aliphatic carbocycles. The van der Waals surface area contributed by atoms with Crippen LogP contribution in [-0.2, 0) is 0 Å². The third-order valence-corrected chi connectivity index (χ3v) is 3.02. The van der Waals surface area contributed by atoms with Gasteiger partial charge < -0.3 is 4.74 Å². The van der Waals surface area contributed by atoms with Gasteiger partial charge in [-0.25, -0.2) is 0 Å². The van der Waals surface area contributed by atoms with Crippen molar-refractivity contribution in [3.05, 3.63) is 44.4 Å². The second-order valence-electron chi connectivity index (χ2n) is 3.19. The third kappa shape index (κ3) is 3.80. The number of rotatable bonds is 5. The quantitative estimate of drug-likeness (QED) is 0.389. The summed E-state index contributed by atoms with van der Waals surface area (Å²) in [7, 11) is 0. The van der Waals surface area contributed by atoms with Crippen LogP contribution >= 0.6 is 35.8 Å². The van der Waals surface area contributed by atoms with Crippen molar-refractivity contribution in [1.82, 2.24) is 0 Å². The lowest BCUT2D eigenvalue weighted by Gasteiger charge is -2.08. The molecule has 0 N–H and O–H groups in total. The topological polar surface area (TPSA) is 52.4 Å². The lowest BCUT2D eigenvalue weighted by molar-refractivity contribution is -0.385. The molecule has 0 atom stereocenters. The van der Waals surface area contributed by atoms with Crippen LogP contribution in [0.2, 0.25) is 10.0 Å². The Kier molecular flexibility index (Phi) is 5.11. The van der Waals surface area contributed by atoms with Crippen LogP contribution in [0.25, 0.3) is 0 Å². The molecule has 1 rings (SSSR count). The second-order valence-corrected chi connectivity index (χ2v) is 4.32. The summed E-state index contributed by atoms with van der Waals surface area (Å²) in [6.07, 6.45) is 0. The molecule has 0 aliphatic rings. The molecule has 0 unspecified atom stereocenters. The Labute approximate surface area is 114 Å². The van der Waals surface area contributed by atoms with Gasteiger partial charge in [0.1, 0.15) is 6.61 Å². The highest BCUT2D eigenvalue weighted by atomic mass is 35.5. The minimum atomic E-state index is -0.582. The van der Waals surface area contributed by atoms with Crippen molar-refractivity contribution >= 4 is 41.5 Å². The summed E-state index contributed by atoms with van der Waals surface area (Å²) in [5, 5.41) is 11.1. The van der Waals surface area contributed by atoms with Crippen LogP contribution in [0.1, 0.15) is 0 Å². The zero-order valence-corrected chi connectivity index (χ0v) is 11.1. The maximum Gasteiger partial charge on any atom is 0.312 e. The van der Waals surface area contributed by atoms with Gasteiger partial charge in [0.2, 0.25) is 0 Å². The molecule has 0 aliphatic heterocycles. The fraction of sp³-hybridized carbons (Fsp3) is 0.200. The Balaban J connectivity index is 3.00. The zero-order valence-electron chi connectivity index (χ0n) is 8.65. The normalized spacial score (nSPS) is 10.1. The van der Waals surface area contributed by atoms with Gasteiger partial charge in [-0.05, 0) is 5.57 Å². The van der Waals surface area contributed by atoms with Gasteiger partial charge in [0.05, 0.1) is 15.0 Å². The van der Waals surface area contributed by atoms with E-state index in [2.05, 4.69) is 19.2 Å². The number of hydrogen-bond acceptors (Lipinski definition) is 4. The van der Waals surface area contributed by atoms with Crippen molar-refractivity contribution in [2.24, 2.45) is 0 Å². The summed E-state index contributed by atoms with van der Waals surface area (Å²) < 4.78 is 5.25. The SMILES string of the molecule is C=C(CS)COc1cc(Cl)c(Cl)cc1[N+](=O)[O-]. The fourth-order valence-electron chi connectivity index (χ4n) is 1.00. The predicted octanol–water partition coefficient (Wildman–Crippen LogP) is 3.77. The highest BCUT2D eigenvalue weighted by Crippen LogP contribution is 2.35. The van der Waals surface area contributed by atoms with Crippen molar-refractivity contribution in [3.63, 3.8) is 0 Å². The first-order chi connectivity index (χ1) is 7.95. The molecule has 92 valence electrons. The van der Waals surface area contributed by atoms with Crippen LogP contribution in [-0.4, -0.2) is 17.3 Å². The van der Waals surface area contributed by atoms with Crippen molar-refractivity contribution in [2.75, 3.05) is 12.4 Å². The minimum Gasteiger partial charge on any atom is -0.482 e. The van der Waals surface area contributed by atoms with E-state index in [0.29, 0.717) is 11.3 Å². The monoisotopic (exact) mass is 293 g/mol. The Morgan fingerprint density at radius 3 is 2.59 bits per heavy atom. The summed E-state index contributed by atoms with van der Waals surface area (Å²) >= 11 is 15.5. The third-order valence-electron chi connectivity index (χ3n) is 1.85. The first-order valence-electron chi connectivity index (χ1n) is 4.49. The molecule has 0 amide bonds. The zero-order chi connectivity index (χ0) is 13.0. The van der Waals surface area contributed by atoms with Gasteiger partial charge in [0, 0.05) is 17.9 Å². The minimum absolute atomic E-state index is 0.0623. The molecule has 1 aromatic carbocycles. The molecule has 17 heavy (non-hydrogen) atoms. The molecule has 4 nitrogen and oxygen atoms in total. The summed E-state index contributed by atoms with van der Waals surface area (Å²) in [6, 6.07) is 2.47. The number of nitro groups is 1. The average molecular weight is 294 g/mol. The van der Waals surface area contributed by atoms with E-state index in [9.17, 15) is 10.1 Å². The molecule has 7 heteroatoms. The number of hydrogen-bond donors (Lipinski definition) is 1. The molecule has 0 saturated carbocycles. The van der Waals surface area contributed by atoms with Crippen LogP contribution in [0, 0.1) is 10.1 Å². The Morgan fingerprint density at radius 2 is 2.06 bits per heavy atom. The highest BCUT2D eigenvalue weighted by Gasteiger charge is 2.18. The maximum absolute atomic E-state index is 10.8. The second kappa shape index (κ2) is 6.14. The van der Waals surface area contributed by atoms with E-state index in [0.717, 1.165) is 6.07 Å². The summed E-state index contributed by atoms with van der Waals surface area (Å²) in [5.74, 6) is 0.502. The highest BCUT2D eigenvalue weighted by molar-refractivity contribution is 7.80. The van der Waals surface area contributed by atoms with Crippen molar-refractivity contribution in [2.45, 2.75) is 0 Å². The molecule has 0 saturated heterocycles. The lowest BCUT2D eigenvalue weighted by Crippen LogP contribution is -2.03. The van der Waals surface area contributed by atoms with Gasteiger partial charge in [0.15, 0.2) is 5.75 Å². The molecule has 0 radical (unpaired) electrons. The van der Waals surface area contributed by atoms with E-state index in [1.807, 2.05) is 0 Å². The number of nitrogens with zero attached hydrogens (tertiary/aromatic N) is 1. The van der Waals surface area contributed by atoms with E-state index in [1.54, 1.807) is 0 Å². The van der Waals surface area contributed by atoms with Gasteiger partial charge in [-0.15, -0.1) is 0 Å². The largest absolute Gasteiger partial charge is 0.482 e. The number of halogens is 2. The standard InChI is InChI=1S/C10H9Cl2NO3S/c1-6(5-17)4-16-10-3-8(12)7(11)2-9(10)13(14)15/h2-3,17H,1,4-5H2. The van der Waals surface area contributed by atoms with Crippen LogP contribution < -0.4 is 4.74 Å². The molecule has 0 heterocycles. The summed E-state index contributed by atoms with van der Waals surface area (Å²) in [5.41, 5.74) is 0.472. The molecule has 0 aromatic heterocycles. The number of ether oxygens (including phenoxy) is 1. The molecule has 0 spiro atoms. The Hall–Kier alpha value is -0.910. The molecule has 0 bridgehead atoms. The summed E-state index contributed by atoms with van der Waals surface area (Å²) in [6.45, 7) is 3.81. The van der Waals surface area contributed by atoms with E-state index < -0.39 is 4.92 Å². The first kappa shape index (κ1) is 14.2. The molecular weight excluding hydrogens is 285 g/mol. The van der Waals surface area contributed by atoms with E-state index in [4.69, 9.17) is 27.9 Å². The van der Waals surface area contributed by atoms with Gasteiger partial charge in [-0.2, -0.15) is 12.6 Å². The van der Waals surface area contributed by atoms with Crippen LogP contribution in [0.15, 0.2) is 24.3 Å². The van der Waals surface area contributed by atoms with E-state index in [-0.39, 0.29) is 28.1 Å². The van der Waals surface area contributed by atoms with Crippen LogP contribution in [0.3, 0.4) is 0 Å². The lowest BCUT2D eigenvalue weighted by atomic mass is 10.3. The predicted molar refractivity (Wildman–Crippen MR) is 71.6 cm³/mol. The number of nitro benzene ring substituents is 1. The maximum atomic E-state index is 10.8. The van der Waals surface area contributed by atoms with Crippen LogP contribution in [0.4, 0.5) is 5.69 Å². The van der Waals surface area contributed by atoms with E-state index in [1.165, 1.54) is 6.07 Å². The first-order valence-corrected chi connectivity index (χ1v) is 5.88. The summed E-state index contributed by atoms with van der Waals surface area (Å²) in [4.78, 5) is 10.2. The smallest absolute Gasteiger partial charge is 0.312 e. The fourth-order valence-corrected chi connectivity index (χ4v) is 1.40. The average Bonchev–Trinajstić information content (AvgIpc) is 2.29. The van der Waals surface area contributed by atoms with Crippen molar-refractivity contribution in [3.8, 4) is 5.75 Å². The van der Waals surface area contributed by atoms with Crippen LogP contribution in [0.5, 0.6) is 5.75 Å². The van der Waals surface area contributed by atoms with Crippen molar-refractivity contribution in [1.29, 1.82) is 0 Å². The number of benzene rings is 1. The van der Waals surface area contributed by atoms with Crippen molar-refractivity contribution < 1.29 is 9.66 Å². The van der Waals surface area contributed by atoms with Gasteiger partial charge in [-0.3, -0.25) is 10.1 Å². The molecule has 1 aromatic rings. The molecule has 0 fully saturated rings. The van der Waals surface area contributed by atoms with Gasteiger partial charge >= 0.3 is 5.69 Å².